The van der Waals surface area contributed by atoms with Crippen molar-refractivity contribution in [2.24, 2.45) is 0 Å². The fourth-order valence-corrected chi connectivity index (χ4v) is 3.14. The summed E-state index contributed by atoms with van der Waals surface area (Å²) in [4.78, 5) is 21.6. The van der Waals surface area contributed by atoms with Gasteiger partial charge in [0, 0.05) is 41.5 Å². The zero-order valence-electron chi connectivity index (χ0n) is 12.3. The van der Waals surface area contributed by atoms with Crippen LogP contribution in [0.2, 0.25) is 0 Å². The van der Waals surface area contributed by atoms with Crippen LogP contribution in [0.3, 0.4) is 0 Å². The number of aromatic nitrogens is 3. The predicted molar refractivity (Wildman–Crippen MR) is 86.2 cm³/mol. The molecule has 1 atom stereocenters. The quantitative estimate of drug-likeness (QED) is 0.855. The van der Waals surface area contributed by atoms with Gasteiger partial charge in [-0.3, -0.25) is 5.32 Å². The molecule has 2 heterocycles. The van der Waals surface area contributed by atoms with E-state index in [1.807, 2.05) is 20.0 Å². The molecule has 1 unspecified atom stereocenters. The van der Waals surface area contributed by atoms with E-state index in [-0.39, 0.29) is 11.9 Å². The summed E-state index contributed by atoms with van der Waals surface area (Å²) in [6.07, 6.45) is 3.68. The van der Waals surface area contributed by atoms with Crippen LogP contribution < -0.4 is 10.6 Å². The molecule has 0 aliphatic carbocycles. The van der Waals surface area contributed by atoms with Gasteiger partial charge in [-0.1, -0.05) is 13.8 Å². The summed E-state index contributed by atoms with van der Waals surface area (Å²) in [5, 5.41) is 7.12. The first kappa shape index (κ1) is 15.8. The standard InChI is InChI=1S/C13H19N5OS2/c1-4-5-10-16-13(21-18-10)17-12(19)15-6-8(2)11-14-7-9(3)20-11/h7-8H,4-6H2,1-3H3,(H2,15,16,17,18,19). The van der Waals surface area contributed by atoms with E-state index in [9.17, 15) is 4.79 Å². The predicted octanol–water partition coefficient (Wildman–Crippen LogP) is 3.18. The Bertz CT molecular complexity index is 595. The Morgan fingerprint density at radius 1 is 1.48 bits per heavy atom. The number of carbonyl (C=O) groups excluding carboxylic acids is 1. The largest absolute Gasteiger partial charge is 0.337 e. The third-order valence-electron chi connectivity index (χ3n) is 2.79. The molecule has 0 spiro atoms. The second-order valence-corrected chi connectivity index (χ2v) is 6.83. The Hall–Kier alpha value is -1.54. The van der Waals surface area contributed by atoms with Crippen molar-refractivity contribution in [2.45, 2.75) is 39.5 Å². The molecule has 0 aromatic carbocycles. The number of rotatable bonds is 6. The molecule has 8 heteroatoms. The van der Waals surface area contributed by atoms with E-state index < -0.39 is 0 Å². The van der Waals surface area contributed by atoms with Gasteiger partial charge < -0.3 is 5.32 Å². The lowest BCUT2D eigenvalue weighted by atomic mass is 10.2. The summed E-state index contributed by atoms with van der Waals surface area (Å²) < 4.78 is 4.18. The van der Waals surface area contributed by atoms with Crippen molar-refractivity contribution >= 4 is 34.0 Å². The van der Waals surface area contributed by atoms with Gasteiger partial charge in [0.25, 0.3) is 0 Å². The van der Waals surface area contributed by atoms with Crippen molar-refractivity contribution in [1.29, 1.82) is 0 Å². The van der Waals surface area contributed by atoms with Crippen molar-refractivity contribution in [3.63, 3.8) is 0 Å². The first-order chi connectivity index (χ1) is 10.1. The molecule has 0 aliphatic heterocycles. The summed E-state index contributed by atoms with van der Waals surface area (Å²) in [5.41, 5.74) is 0. The minimum atomic E-state index is -0.255. The molecule has 6 nitrogen and oxygen atoms in total. The zero-order valence-corrected chi connectivity index (χ0v) is 14.0. The number of anilines is 1. The highest BCUT2D eigenvalue weighted by Crippen LogP contribution is 2.20. The zero-order chi connectivity index (χ0) is 15.2. The lowest BCUT2D eigenvalue weighted by Crippen LogP contribution is -2.31. The molecule has 2 aromatic heterocycles. The van der Waals surface area contributed by atoms with Gasteiger partial charge in [0.15, 0.2) is 0 Å². The van der Waals surface area contributed by atoms with E-state index in [2.05, 4.69) is 31.9 Å². The first-order valence-electron chi connectivity index (χ1n) is 6.88. The maximum atomic E-state index is 11.8. The smallest absolute Gasteiger partial charge is 0.321 e. The van der Waals surface area contributed by atoms with Gasteiger partial charge in [-0.25, -0.2) is 14.8 Å². The van der Waals surface area contributed by atoms with Gasteiger partial charge in [0.2, 0.25) is 5.13 Å². The average molecular weight is 325 g/mol. The van der Waals surface area contributed by atoms with Crippen LogP contribution in [-0.4, -0.2) is 26.9 Å². The normalized spacial score (nSPS) is 12.1. The Morgan fingerprint density at radius 3 is 2.95 bits per heavy atom. The van der Waals surface area contributed by atoms with Crippen molar-refractivity contribution in [1.82, 2.24) is 19.7 Å². The summed E-state index contributed by atoms with van der Waals surface area (Å²) in [5.74, 6) is 0.976. The molecular formula is C13H19N5OS2. The Balaban J connectivity index is 1.78. The number of nitrogens with one attached hydrogen (secondary N) is 2. The molecule has 21 heavy (non-hydrogen) atoms. The molecule has 0 saturated heterocycles. The maximum Gasteiger partial charge on any atom is 0.321 e. The van der Waals surface area contributed by atoms with E-state index in [1.165, 1.54) is 16.4 Å². The van der Waals surface area contributed by atoms with Crippen LogP contribution in [0, 0.1) is 6.92 Å². The highest BCUT2D eigenvalue weighted by atomic mass is 32.1. The van der Waals surface area contributed by atoms with Crippen molar-refractivity contribution in [2.75, 3.05) is 11.9 Å². The van der Waals surface area contributed by atoms with Gasteiger partial charge in [-0.05, 0) is 13.3 Å². The van der Waals surface area contributed by atoms with Crippen molar-refractivity contribution in [3.8, 4) is 0 Å². The van der Waals surface area contributed by atoms with E-state index in [0.29, 0.717) is 11.7 Å². The van der Waals surface area contributed by atoms with Crippen LogP contribution in [0.4, 0.5) is 9.93 Å². The number of hydrogen-bond donors (Lipinski definition) is 2. The van der Waals surface area contributed by atoms with E-state index in [1.54, 1.807) is 11.3 Å². The lowest BCUT2D eigenvalue weighted by Gasteiger charge is -2.09. The molecule has 0 fully saturated rings. The van der Waals surface area contributed by atoms with Gasteiger partial charge >= 0.3 is 6.03 Å². The summed E-state index contributed by atoms with van der Waals surface area (Å²) in [7, 11) is 0. The SMILES string of the molecule is CCCc1nsc(NC(=O)NCC(C)c2ncc(C)s2)n1. The number of carbonyl (C=O) groups is 1. The number of nitrogens with zero attached hydrogens (tertiary/aromatic N) is 3. The maximum absolute atomic E-state index is 11.8. The molecule has 2 aromatic rings. The number of aryl methyl sites for hydroxylation is 2. The first-order valence-corrected chi connectivity index (χ1v) is 8.47. The van der Waals surface area contributed by atoms with Crippen LogP contribution in [0.5, 0.6) is 0 Å². The molecular weight excluding hydrogens is 306 g/mol. The fraction of sp³-hybridized carbons (Fsp3) is 0.538. The molecule has 0 saturated carbocycles. The molecule has 2 amide bonds. The van der Waals surface area contributed by atoms with Gasteiger partial charge in [0.1, 0.15) is 5.82 Å². The van der Waals surface area contributed by atoms with Crippen molar-refractivity contribution < 1.29 is 4.79 Å². The summed E-state index contributed by atoms with van der Waals surface area (Å²) in [6.45, 7) is 6.68. The topological polar surface area (TPSA) is 79.8 Å². The third-order valence-corrected chi connectivity index (χ3v) is 4.60. The van der Waals surface area contributed by atoms with Crippen LogP contribution in [-0.2, 0) is 6.42 Å². The third kappa shape index (κ3) is 4.75. The second-order valence-electron chi connectivity index (χ2n) is 4.81. The van der Waals surface area contributed by atoms with Gasteiger partial charge in [-0.2, -0.15) is 4.37 Å². The van der Waals surface area contributed by atoms with Crippen LogP contribution in [0.25, 0.3) is 0 Å². The van der Waals surface area contributed by atoms with Crippen molar-refractivity contribution in [3.05, 3.63) is 21.9 Å². The average Bonchev–Trinajstić information content (AvgIpc) is 3.06. The number of hydrogen-bond acceptors (Lipinski definition) is 6. The van der Waals surface area contributed by atoms with E-state index >= 15 is 0 Å². The van der Waals surface area contributed by atoms with Gasteiger partial charge in [0.05, 0.1) is 5.01 Å². The molecule has 0 bridgehead atoms. The summed E-state index contributed by atoms with van der Waals surface area (Å²) >= 11 is 2.87. The Morgan fingerprint density at radius 2 is 2.29 bits per heavy atom. The molecule has 0 aliphatic rings. The van der Waals surface area contributed by atoms with Crippen LogP contribution >= 0.6 is 22.9 Å². The van der Waals surface area contributed by atoms with Crippen LogP contribution in [0.1, 0.15) is 41.9 Å². The Labute approximate surface area is 132 Å². The minimum absolute atomic E-state index is 0.194. The second kappa shape index (κ2) is 7.46. The molecule has 2 rings (SSSR count). The fourth-order valence-electron chi connectivity index (χ4n) is 1.70. The lowest BCUT2D eigenvalue weighted by molar-refractivity contribution is 0.251. The van der Waals surface area contributed by atoms with E-state index in [4.69, 9.17) is 0 Å². The molecule has 2 N–H and O–H groups in total. The highest BCUT2D eigenvalue weighted by molar-refractivity contribution is 7.11. The summed E-state index contributed by atoms with van der Waals surface area (Å²) in [6, 6.07) is -0.255. The molecule has 114 valence electrons. The molecule has 0 radical (unpaired) electrons. The van der Waals surface area contributed by atoms with Crippen LogP contribution in [0.15, 0.2) is 6.20 Å². The monoisotopic (exact) mass is 325 g/mol. The Kier molecular flexibility index (Phi) is 5.63. The number of thiazole rings is 1. The van der Waals surface area contributed by atoms with Gasteiger partial charge in [-0.15, -0.1) is 11.3 Å². The number of amides is 2. The van der Waals surface area contributed by atoms with E-state index in [0.717, 1.165) is 23.7 Å². The number of urea groups is 1. The minimum Gasteiger partial charge on any atom is -0.337 e. The highest BCUT2D eigenvalue weighted by Gasteiger charge is 2.12.